The summed E-state index contributed by atoms with van der Waals surface area (Å²) in [5.74, 6) is 1.51. The predicted molar refractivity (Wildman–Crippen MR) is 106 cm³/mol. The Morgan fingerprint density at radius 3 is 2.56 bits per heavy atom. The second-order valence-electron chi connectivity index (χ2n) is 5.59. The Hall–Kier alpha value is -3.25. The molecular weight excluding hydrogens is 366 g/mol. The molecule has 3 aromatic rings. The normalized spacial score (nSPS) is 10.2. The quantitative estimate of drug-likeness (QED) is 0.642. The summed E-state index contributed by atoms with van der Waals surface area (Å²) in [6.45, 7) is 0. The first kappa shape index (κ1) is 18.5. The summed E-state index contributed by atoms with van der Waals surface area (Å²) in [7, 11) is 3.19. The maximum atomic E-state index is 12.2. The number of hydrogen-bond donors (Lipinski definition) is 2. The molecule has 1 amide bonds. The van der Waals surface area contributed by atoms with Crippen LogP contribution in [0.1, 0.15) is 10.4 Å². The topological polar surface area (TPSA) is 72.5 Å². The van der Waals surface area contributed by atoms with Crippen LogP contribution in [-0.2, 0) is 0 Å². The minimum atomic E-state index is -0.275. The Kier molecular flexibility index (Phi) is 5.78. The number of nitrogens with zero attached hydrogens (tertiary/aromatic N) is 1. The first-order valence-electron chi connectivity index (χ1n) is 8.11. The highest BCUT2D eigenvalue weighted by atomic mass is 35.5. The van der Waals surface area contributed by atoms with Crippen LogP contribution >= 0.6 is 11.6 Å². The van der Waals surface area contributed by atoms with Crippen LogP contribution in [0.15, 0.2) is 60.8 Å². The van der Waals surface area contributed by atoms with Crippen LogP contribution in [-0.4, -0.2) is 25.1 Å². The van der Waals surface area contributed by atoms with E-state index >= 15 is 0 Å². The van der Waals surface area contributed by atoms with Crippen molar-refractivity contribution < 1.29 is 14.3 Å². The molecule has 0 saturated carbocycles. The lowest BCUT2D eigenvalue weighted by molar-refractivity contribution is 0.102. The zero-order valence-corrected chi connectivity index (χ0v) is 15.6. The highest BCUT2D eigenvalue weighted by molar-refractivity contribution is 6.31. The van der Waals surface area contributed by atoms with Gasteiger partial charge in [-0.15, -0.1) is 0 Å². The average molecular weight is 384 g/mol. The molecule has 0 aliphatic heterocycles. The van der Waals surface area contributed by atoms with Gasteiger partial charge in [-0.05, 0) is 42.5 Å². The number of aromatic nitrogens is 1. The molecule has 1 aromatic heterocycles. The lowest BCUT2D eigenvalue weighted by atomic mass is 10.2. The molecule has 0 spiro atoms. The Labute approximate surface area is 162 Å². The van der Waals surface area contributed by atoms with Crippen LogP contribution in [0.4, 0.5) is 17.2 Å². The molecule has 0 radical (unpaired) electrons. The van der Waals surface area contributed by atoms with Gasteiger partial charge in [-0.3, -0.25) is 4.79 Å². The van der Waals surface area contributed by atoms with Gasteiger partial charge in [0, 0.05) is 16.7 Å². The highest BCUT2D eigenvalue weighted by Crippen LogP contribution is 2.31. The molecular formula is C20H18ClN3O3. The number of anilines is 3. The molecule has 0 fully saturated rings. The maximum absolute atomic E-state index is 12.2. The highest BCUT2D eigenvalue weighted by Gasteiger charge is 2.08. The van der Waals surface area contributed by atoms with E-state index in [2.05, 4.69) is 15.6 Å². The largest absolute Gasteiger partial charge is 0.497 e. The summed E-state index contributed by atoms with van der Waals surface area (Å²) in [6.07, 6.45) is 1.62. The lowest BCUT2D eigenvalue weighted by Crippen LogP contribution is -2.12. The van der Waals surface area contributed by atoms with Crippen LogP contribution in [0.25, 0.3) is 0 Å². The molecule has 0 saturated heterocycles. The van der Waals surface area contributed by atoms with Crippen molar-refractivity contribution in [3.05, 3.63) is 71.4 Å². The van der Waals surface area contributed by atoms with Gasteiger partial charge in [-0.2, -0.15) is 0 Å². The van der Waals surface area contributed by atoms with Gasteiger partial charge in [-0.25, -0.2) is 4.98 Å². The number of carbonyl (C=O) groups excluding carboxylic acids is 1. The van der Waals surface area contributed by atoms with E-state index in [1.165, 1.54) is 0 Å². The summed E-state index contributed by atoms with van der Waals surface area (Å²) in [4.78, 5) is 16.5. The van der Waals surface area contributed by atoms with Crippen molar-refractivity contribution in [3.63, 3.8) is 0 Å². The van der Waals surface area contributed by atoms with Gasteiger partial charge in [0.2, 0.25) is 0 Å². The van der Waals surface area contributed by atoms with Gasteiger partial charge in [-0.1, -0.05) is 17.7 Å². The first-order chi connectivity index (χ1) is 13.1. The van der Waals surface area contributed by atoms with Crippen LogP contribution in [0.3, 0.4) is 0 Å². The summed E-state index contributed by atoms with van der Waals surface area (Å²) in [5.41, 5.74) is 1.99. The molecule has 0 atom stereocenters. The van der Waals surface area contributed by atoms with E-state index < -0.39 is 0 Å². The summed E-state index contributed by atoms with van der Waals surface area (Å²) in [5, 5.41) is 6.46. The number of nitrogens with one attached hydrogen (secondary N) is 2. The minimum absolute atomic E-state index is 0.275. The Morgan fingerprint density at radius 2 is 1.89 bits per heavy atom. The van der Waals surface area contributed by atoms with Crippen LogP contribution in [0.2, 0.25) is 5.02 Å². The molecule has 6 nitrogen and oxygen atoms in total. The minimum Gasteiger partial charge on any atom is -0.497 e. The third kappa shape index (κ3) is 4.68. The smallest absolute Gasteiger partial charge is 0.256 e. The van der Waals surface area contributed by atoms with E-state index in [1.54, 1.807) is 56.8 Å². The fraction of sp³-hybridized carbons (Fsp3) is 0.100. The number of hydrogen-bond acceptors (Lipinski definition) is 5. The number of ether oxygens (including phenoxy) is 2. The fourth-order valence-corrected chi connectivity index (χ4v) is 2.61. The van der Waals surface area contributed by atoms with Gasteiger partial charge < -0.3 is 20.1 Å². The van der Waals surface area contributed by atoms with Crippen LogP contribution in [0, 0.1) is 0 Å². The molecule has 2 aromatic carbocycles. The van der Waals surface area contributed by atoms with E-state index in [9.17, 15) is 4.79 Å². The number of carbonyl (C=O) groups is 1. The number of methoxy groups -OCH3 is 2. The van der Waals surface area contributed by atoms with Gasteiger partial charge in [0.05, 0.1) is 31.8 Å². The summed E-state index contributed by atoms with van der Waals surface area (Å²) >= 11 is 5.91. The molecule has 3 rings (SSSR count). The Bertz CT molecular complexity index is 945. The second-order valence-corrected chi connectivity index (χ2v) is 6.02. The summed E-state index contributed by atoms with van der Waals surface area (Å²) < 4.78 is 10.6. The van der Waals surface area contributed by atoms with Crippen molar-refractivity contribution in [3.8, 4) is 11.5 Å². The van der Waals surface area contributed by atoms with Crippen LogP contribution < -0.4 is 20.1 Å². The first-order valence-corrected chi connectivity index (χ1v) is 8.49. The van der Waals surface area contributed by atoms with Crippen LogP contribution in [0.5, 0.6) is 11.5 Å². The monoisotopic (exact) mass is 383 g/mol. The van der Waals surface area contributed by atoms with Gasteiger partial charge in [0.15, 0.2) is 0 Å². The van der Waals surface area contributed by atoms with E-state index in [0.29, 0.717) is 27.9 Å². The Morgan fingerprint density at radius 1 is 1.04 bits per heavy atom. The molecule has 2 N–H and O–H groups in total. The molecule has 0 aliphatic carbocycles. The molecule has 138 valence electrons. The van der Waals surface area contributed by atoms with Crippen molar-refractivity contribution >= 4 is 34.7 Å². The van der Waals surface area contributed by atoms with E-state index in [0.717, 1.165) is 11.4 Å². The number of benzene rings is 2. The van der Waals surface area contributed by atoms with Crippen molar-refractivity contribution in [2.45, 2.75) is 0 Å². The van der Waals surface area contributed by atoms with Crippen molar-refractivity contribution in [2.75, 3.05) is 24.9 Å². The van der Waals surface area contributed by atoms with Crippen molar-refractivity contribution in [1.82, 2.24) is 4.98 Å². The number of rotatable bonds is 6. The van der Waals surface area contributed by atoms with Gasteiger partial charge in [0.25, 0.3) is 5.91 Å². The number of halogens is 1. The predicted octanol–water partition coefficient (Wildman–Crippen LogP) is 4.75. The Balaban J connectivity index is 1.69. The van der Waals surface area contributed by atoms with E-state index in [-0.39, 0.29) is 5.91 Å². The molecule has 0 unspecified atom stereocenters. The average Bonchev–Trinajstić information content (AvgIpc) is 2.69. The van der Waals surface area contributed by atoms with E-state index in [4.69, 9.17) is 21.1 Å². The number of pyridine rings is 1. The second kappa shape index (κ2) is 8.42. The SMILES string of the molecule is COc1ccc(Nc2ccc(NC(=O)c3cccc(Cl)c3)nc2)c(OC)c1. The standard InChI is InChI=1S/C20H18ClN3O3/c1-26-16-7-8-17(18(11-16)27-2)23-15-6-9-19(22-12-15)24-20(25)13-4-3-5-14(21)10-13/h3-12,23H,1-2H3,(H,22,24,25). The molecule has 0 bridgehead atoms. The lowest BCUT2D eigenvalue weighted by Gasteiger charge is -2.12. The van der Waals surface area contributed by atoms with Crippen molar-refractivity contribution in [2.24, 2.45) is 0 Å². The molecule has 7 heteroatoms. The molecule has 1 heterocycles. The zero-order chi connectivity index (χ0) is 19.2. The third-order valence-electron chi connectivity index (χ3n) is 3.78. The zero-order valence-electron chi connectivity index (χ0n) is 14.8. The maximum Gasteiger partial charge on any atom is 0.256 e. The molecule has 27 heavy (non-hydrogen) atoms. The third-order valence-corrected chi connectivity index (χ3v) is 4.01. The molecule has 0 aliphatic rings. The number of amides is 1. The van der Waals surface area contributed by atoms with Gasteiger partial charge >= 0.3 is 0 Å². The summed E-state index contributed by atoms with van der Waals surface area (Å²) in [6, 6.07) is 15.7. The van der Waals surface area contributed by atoms with E-state index in [1.807, 2.05) is 18.2 Å². The fourth-order valence-electron chi connectivity index (χ4n) is 2.42. The van der Waals surface area contributed by atoms with Crippen molar-refractivity contribution in [1.29, 1.82) is 0 Å². The van der Waals surface area contributed by atoms with Gasteiger partial charge in [0.1, 0.15) is 17.3 Å².